The Morgan fingerprint density at radius 2 is 1.88 bits per heavy atom. The maximum Gasteiger partial charge on any atom is 0.223 e. The molecule has 0 bridgehead atoms. The number of aryl methyl sites for hydroxylation is 2. The molecular weight excluding hydrogens is 324 g/mol. The highest BCUT2D eigenvalue weighted by Crippen LogP contribution is 2.26. The maximum absolute atomic E-state index is 12.5. The number of carbonyl (C=O) groups is 1. The molecule has 6 heteroatoms. The van der Waals surface area contributed by atoms with Gasteiger partial charge in [0.05, 0.1) is 12.3 Å². The van der Waals surface area contributed by atoms with E-state index in [1.165, 1.54) is 28.1 Å². The molecule has 0 spiro atoms. The molecule has 0 aromatic heterocycles. The number of piperidine rings is 1. The first-order chi connectivity index (χ1) is 11.3. The van der Waals surface area contributed by atoms with E-state index in [9.17, 15) is 13.2 Å². The molecule has 5 nitrogen and oxygen atoms in total. The fourth-order valence-electron chi connectivity index (χ4n) is 3.73. The van der Waals surface area contributed by atoms with E-state index in [0.29, 0.717) is 25.9 Å². The van der Waals surface area contributed by atoms with Gasteiger partial charge >= 0.3 is 0 Å². The number of carbonyl (C=O) groups excluding carboxylic acids is 1. The van der Waals surface area contributed by atoms with Gasteiger partial charge in [0, 0.05) is 19.0 Å². The van der Waals surface area contributed by atoms with Crippen LogP contribution in [0.15, 0.2) is 18.2 Å². The summed E-state index contributed by atoms with van der Waals surface area (Å²) in [7, 11) is -3.15. The fourth-order valence-corrected chi connectivity index (χ4v) is 4.60. The van der Waals surface area contributed by atoms with Crippen molar-refractivity contribution in [1.29, 1.82) is 0 Å². The summed E-state index contributed by atoms with van der Waals surface area (Å²) in [6.45, 7) is 2.88. The van der Waals surface area contributed by atoms with Crippen LogP contribution < -0.4 is 5.32 Å². The van der Waals surface area contributed by atoms with Crippen LogP contribution in [0.4, 0.5) is 0 Å². The summed E-state index contributed by atoms with van der Waals surface area (Å²) in [6.07, 6.45) is 5.93. The summed E-state index contributed by atoms with van der Waals surface area (Å²) >= 11 is 0. The van der Waals surface area contributed by atoms with Crippen LogP contribution in [0.25, 0.3) is 0 Å². The number of nitrogens with one attached hydrogen (secondary N) is 1. The van der Waals surface area contributed by atoms with Crippen LogP contribution >= 0.6 is 0 Å². The number of hydrogen-bond donors (Lipinski definition) is 1. The van der Waals surface area contributed by atoms with E-state index in [4.69, 9.17) is 0 Å². The van der Waals surface area contributed by atoms with Crippen LogP contribution in [0, 0.1) is 5.92 Å². The number of benzene rings is 1. The van der Waals surface area contributed by atoms with Crippen molar-refractivity contribution >= 4 is 15.9 Å². The van der Waals surface area contributed by atoms with Gasteiger partial charge in [-0.05, 0) is 55.7 Å². The number of amides is 1. The molecule has 0 saturated carbocycles. The molecular formula is C18H26N2O3S. The van der Waals surface area contributed by atoms with Crippen molar-refractivity contribution in [3.05, 3.63) is 34.9 Å². The summed E-state index contributed by atoms with van der Waals surface area (Å²) in [5.74, 6) is -0.0592. The topological polar surface area (TPSA) is 66.5 Å². The van der Waals surface area contributed by atoms with Crippen molar-refractivity contribution in [3.8, 4) is 0 Å². The second-order valence-corrected chi connectivity index (χ2v) is 9.03. The molecule has 1 aromatic carbocycles. The van der Waals surface area contributed by atoms with Crippen LogP contribution in [-0.4, -0.2) is 38.0 Å². The molecule has 1 fully saturated rings. The molecule has 1 N–H and O–H groups in total. The molecule has 1 atom stereocenters. The van der Waals surface area contributed by atoms with Gasteiger partial charge in [-0.2, -0.15) is 0 Å². The minimum absolute atomic E-state index is 0.0173. The first-order valence-electron chi connectivity index (χ1n) is 8.72. The first kappa shape index (κ1) is 17.4. The van der Waals surface area contributed by atoms with Gasteiger partial charge in [-0.1, -0.05) is 18.2 Å². The lowest BCUT2D eigenvalue weighted by atomic mass is 9.96. The minimum Gasteiger partial charge on any atom is -0.349 e. The van der Waals surface area contributed by atoms with Crippen LogP contribution in [0.3, 0.4) is 0 Å². The van der Waals surface area contributed by atoms with Crippen molar-refractivity contribution < 1.29 is 13.2 Å². The van der Waals surface area contributed by atoms with E-state index in [0.717, 1.165) is 18.4 Å². The lowest BCUT2D eigenvalue weighted by Gasteiger charge is -2.30. The van der Waals surface area contributed by atoms with E-state index in [-0.39, 0.29) is 17.9 Å². The Morgan fingerprint density at radius 1 is 1.21 bits per heavy atom. The Labute approximate surface area is 144 Å². The van der Waals surface area contributed by atoms with Gasteiger partial charge in [0.25, 0.3) is 0 Å². The second kappa shape index (κ2) is 6.84. The smallest absolute Gasteiger partial charge is 0.223 e. The summed E-state index contributed by atoms with van der Waals surface area (Å²) in [6, 6.07) is 6.50. The molecule has 24 heavy (non-hydrogen) atoms. The highest BCUT2D eigenvalue weighted by molar-refractivity contribution is 7.88. The Hall–Kier alpha value is -1.40. The van der Waals surface area contributed by atoms with Crippen LogP contribution in [0.5, 0.6) is 0 Å². The van der Waals surface area contributed by atoms with Gasteiger partial charge in [-0.25, -0.2) is 12.7 Å². The van der Waals surface area contributed by atoms with E-state index >= 15 is 0 Å². The third kappa shape index (κ3) is 3.81. The Kier molecular flexibility index (Phi) is 4.97. The summed E-state index contributed by atoms with van der Waals surface area (Å²) in [5, 5.41) is 3.10. The molecule has 1 heterocycles. The van der Waals surface area contributed by atoms with Gasteiger partial charge in [0.1, 0.15) is 0 Å². The lowest BCUT2D eigenvalue weighted by molar-refractivity contribution is -0.126. The number of rotatable bonds is 4. The van der Waals surface area contributed by atoms with Gasteiger partial charge in [-0.15, -0.1) is 0 Å². The molecule has 1 saturated heterocycles. The molecule has 0 radical (unpaired) electrons. The highest BCUT2D eigenvalue weighted by atomic mass is 32.2. The van der Waals surface area contributed by atoms with Crippen LogP contribution in [0.2, 0.25) is 0 Å². The molecule has 1 aliphatic carbocycles. The molecule has 1 unspecified atom stereocenters. The van der Waals surface area contributed by atoms with Crippen LogP contribution in [-0.2, 0) is 27.7 Å². The predicted octanol–water partition coefficient (Wildman–Crippen LogP) is 2.02. The number of fused-ring (bicyclic) bond motifs is 1. The quantitative estimate of drug-likeness (QED) is 0.903. The summed E-state index contributed by atoms with van der Waals surface area (Å²) < 4.78 is 24.5. The average Bonchev–Trinajstić information content (AvgIpc) is 3.01. The standard InChI is InChI=1S/C18H26N2O3S/c1-13(16-7-6-14-4-3-5-17(14)12-16)19-18(21)15-8-10-20(11-9-15)24(2,22)23/h6-7,12-13,15H,3-5,8-11H2,1-2H3,(H,19,21). The summed E-state index contributed by atoms with van der Waals surface area (Å²) in [5.41, 5.74) is 4.00. The van der Waals surface area contributed by atoms with E-state index in [1.807, 2.05) is 6.92 Å². The normalized spacial score (nSPS) is 20.6. The minimum atomic E-state index is -3.15. The molecule has 1 amide bonds. The van der Waals surface area contributed by atoms with Crippen molar-refractivity contribution in [1.82, 2.24) is 9.62 Å². The number of nitrogens with zero attached hydrogens (tertiary/aromatic N) is 1. The Balaban J connectivity index is 1.57. The van der Waals surface area contributed by atoms with E-state index in [2.05, 4.69) is 23.5 Å². The predicted molar refractivity (Wildman–Crippen MR) is 94.2 cm³/mol. The molecule has 1 aliphatic heterocycles. The Morgan fingerprint density at radius 3 is 2.54 bits per heavy atom. The zero-order valence-corrected chi connectivity index (χ0v) is 15.2. The maximum atomic E-state index is 12.5. The third-order valence-electron chi connectivity index (χ3n) is 5.28. The lowest BCUT2D eigenvalue weighted by Crippen LogP contribution is -2.43. The fraction of sp³-hybridized carbons (Fsp3) is 0.611. The van der Waals surface area contributed by atoms with E-state index in [1.54, 1.807) is 0 Å². The zero-order valence-electron chi connectivity index (χ0n) is 14.4. The second-order valence-electron chi connectivity index (χ2n) is 7.05. The first-order valence-corrected chi connectivity index (χ1v) is 10.6. The van der Waals surface area contributed by atoms with Crippen molar-refractivity contribution in [2.45, 2.75) is 45.1 Å². The van der Waals surface area contributed by atoms with Gasteiger partial charge in [0.2, 0.25) is 15.9 Å². The zero-order chi connectivity index (χ0) is 17.3. The Bertz CT molecular complexity index is 722. The van der Waals surface area contributed by atoms with Gasteiger partial charge in [-0.3, -0.25) is 4.79 Å². The van der Waals surface area contributed by atoms with Crippen LogP contribution in [0.1, 0.15) is 48.9 Å². The molecule has 3 rings (SSSR count). The average molecular weight is 350 g/mol. The largest absolute Gasteiger partial charge is 0.349 e. The molecule has 2 aliphatic rings. The molecule has 132 valence electrons. The highest BCUT2D eigenvalue weighted by Gasteiger charge is 2.29. The SMILES string of the molecule is CC(NC(=O)C1CCN(S(C)(=O)=O)CC1)c1ccc2c(c1)CCC2. The van der Waals surface area contributed by atoms with Gasteiger partial charge < -0.3 is 5.32 Å². The number of sulfonamides is 1. The third-order valence-corrected chi connectivity index (χ3v) is 6.58. The van der Waals surface area contributed by atoms with Crippen molar-refractivity contribution in [3.63, 3.8) is 0 Å². The molecule has 1 aromatic rings. The summed E-state index contributed by atoms with van der Waals surface area (Å²) in [4.78, 5) is 12.5. The van der Waals surface area contributed by atoms with Crippen molar-refractivity contribution in [2.75, 3.05) is 19.3 Å². The van der Waals surface area contributed by atoms with E-state index < -0.39 is 10.0 Å². The van der Waals surface area contributed by atoms with Gasteiger partial charge in [0.15, 0.2) is 0 Å². The van der Waals surface area contributed by atoms with Crippen molar-refractivity contribution in [2.24, 2.45) is 5.92 Å². The number of hydrogen-bond acceptors (Lipinski definition) is 3. The monoisotopic (exact) mass is 350 g/mol.